The van der Waals surface area contributed by atoms with Gasteiger partial charge in [0.2, 0.25) is 0 Å². The summed E-state index contributed by atoms with van der Waals surface area (Å²) in [5.74, 6) is -0.484. The van der Waals surface area contributed by atoms with Crippen molar-refractivity contribution in [2.24, 2.45) is 0 Å². The Bertz CT molecular complexity index is 789. The monoisotopic (exact) mass is 313 g/mol. The van der Waals surface area contributed by atoms with E-state index in [1.807, 2.05) is 35.7 Å². The molecular formula is C16H12FN3OS. The molecule has 0 atom stereocenters. The van der Waals surface area contributed by atoms with Crippen molar-refractivity contribution in [1.29, 1.82) is 0 Å². The van der Waals surface area contributed by atoms with Crippen molar-refractivity contribution in [1.82, 2.24) is 4.98 Å². The SMILES string of the molecule is O=C(Nc1nc(-c2ccccc2)cs1)Nc1ccccc1F. The van der Waals surface area contributed by atoms with Crippen molar-refractivity contribution in [2.75, 3.05) is 10.6 Å². The van der Waals surface area contributed by atoms with Crippen molar-refractivity contribution in [3.05, 3.63) is 65.8 Å². The Labute approximate surface area is 130 Å². The van der Waals surface area contributed by atoms with Crippen LogP contribution in [0, 0.1) is 5.82 Å². The molecule has 0 aliphatic heterocycles. The molecule has 3 rings (SSSR count). The Hall–Kier alpha value is -2.73. The maximum Gasteiger partial charge on any atom is 0.325 e. The van der Waals surface area contributed by atoms with Gasteiger partial charge in [-0.1, -0.05) is 42.5 Å². The molecule has 22 heavy (non-hydrogen) atoms. The molecule has 0 aliphatic rings. The number of nitrogens with one attached hydrogen (secondary N) is 2. The molecule has 0 radical (unpaired) electrons. The van der Waals surface area contributed by atoms with Crippen LogP contribution in [0.25, 0.3) is 11.3 Å². The molecule has 0 aliphatic carbocycles. The average Bonchev–Trinajstić information content (AvgIpc) is 2.99. The zero-order valence-corrected chi connectivity index (χ0v) is 12.2. The second-order valence-electron chi connectivity index (χ2n) is 4.46. The number of urea groups is 1. The number of benzene rings is 2. The molecule has 1 heterocycles. The van der Waals surface area contributed by atoms with Crippen LogP contribution >= 0.6 is 11.3 Å². The van der Waals surface area contributed by atoms with Gasteiger partial charge in [-0.05, 0) is 12.1 Å². The molecular weight excluding hydrogens is 301 g/mol. The van der Waals surface area contributed by atoms with Gasteiger partial charge < -0.3 is 5.32 Å². The molecule has 2 amide bonds. The molecule has 0 bridgehead atoms. The van der Waals surface area contributed by atoms with Crippen LogP contribution in [-0.2, 0) is 0 Å². The molecule has 0 fully saturated rings. The van der Waals surface area contributed by atoms with Crippen molar-refractivity contribution in [3.8, 4) is 11.3 Å². The van der Waals surface area contributed by atoms with E-state index in [2.05, 4.69) is 15.6 Å². The van der Waals surface area contributed by atoms with Gasteiger partial charge in [0.25, 0.3) is 0 Å². The zero-order valence-electron chi connectivity index (χ0n) is 11.4. The third-order valence-electron chi connectivity index (χ3n) is 2.92. The van der Waals surface area contributed by atoms with Gasteiger partial charge in [0.1, 0.15) is 5.82 Å². The highest BCUT2D eigenvalue weighted by Gasteiger charge is 2.09. The Morgan fingerprint density at radius 3 is 2.50 bits per heavy atom. The summed E-state index contributed by atoms with van der Waals surface area (Å²) < 4.78 is 13.5. The summed E-state index contributed by atoms with van der Waals surface area (Å²) in [6, 6.07) is 15.1. The number of hydrogen-bond acceptors (Lipinski definition) is 3. The molecule has 2 aromatic carbocycles. The number of aromatic nitrogens is 1. The van der Waals surface area contributed by atoms with E-state index in [0.717, 1.165) is 11.3 Å². The molecule has 0 spiro atoms. The number of halogens is 1. The molecule has 1 aromatic heterocycles. The number of carbonyl (C=O) groups excluding carboxylic acids is 1. The molecule has 110 valence electrons. The lowest BCUT2D eigenvalue weighted by Crippen LogP contribution is -2.19. The molecule has 6 heteroatoms. The van der Waals surface area contributed by atoms with E-state index in [-0.39, 0.29) is 5.69 Å². The van der Waals surface area contributed by atoms with Gasteiger partial charge in [-0.3, -0.25) is 5.32 Å². The lowest BCUT2D eigenvalue weighted by Gasteiger charge is -2.05. The summed E-state index contributed by atoms with van der Waals surface area (Å²) in [6.07, 6.45) is 0. The smallest absolute Gasteiger partial charge is 0.305 e. The van der Waals surface area contributed by atoms with Crippen LogP contribution in [0.4, 0.5) is 20.0 Å². The van der Waals surface area contributed by atoms with E-state index in [0.29, 0.717) is 5.13 Å². The minimum atomic E-state index is -0.529. The van der Waals surface area contributed by atoms with Crippen molar-refractivity contribution < 1.29 is 9.18 Å². The quantitative estimate of drug-likeness (QED) is 0.743. The number of rotatable bonds is 3. The van der Waals surface area contributed by atoms with Gasteiger partial charge in [-0.15, -0.1) is 11.3 Å². The second-order valence-corrected chi connectivity index (χ2v) is 5.32. The van der Waals surface area contributed by atoms with Crippen LogP contribution in [-0.4, -0.2) is 11.0 Å². The fourth-order valence-corrected chi connectivity index (χ4v) is 2.60. The minimum absolute atomic E-state index is 0.125. The standard InChI is InChI=1S/C16H12FN3OS/c17-12-8-4-5-9-13(12)18-15(21)20-16-19-14(10-22-16)11-6-2-1-3-7-11/h1-10H,(H2,18,19,20,21). The number of amides is 2. The average molecular weight is 313 g/mol. The normalized spacial score (nSPS) is 10.2. The third kappa shape index (κ3) is 3.29. The summed E-state index contributed by atoms with van der Waals surface area (Å²) in [5, 5.41) is 7.35. The maximum absolute atomic E-state index is 13.5. The fraction of sp³-hybridized carbons (Fsp3) is 0. The number of carbonyl (C=O) groups is 1. The lowest BCUT2D eigenvalue weighted by atomic mass is 10.2. The Kier molecular flexibility index (Phi) is 4.11. The maximum atomic E-state index is 13.5. The predicted octanol–water partition coefficient (Wildman–Crippen LogP) is 4.59. The molecule has 0 saturated carbocycles. The van der Waals surface area contributed by atoms with Crippen molar-refractivity contribution in [3.63, 3.8) is 0 Å². The molecule has 0 saturated heterocycles. The minimum Gasteiger partial charge on any atom is -0.305 e. The van der Waals surface area contributed by atoms with E-state index < -0.39 is 11.8 Å². The van der Waals surface area contributed by atoms with Gasteiger partial charge in [0, 0.05) is 10.9 Å². The van der Waals surface area contributed by atoms with E-state index in [1.54, 1.807) is 12.1 Å². The van der Waals surface area contributed by atoms with Crippen LogP contribution in [0.2, 0.25) is 0 Å². The number of thiazole rings is 1. The summed E-state index contributed by atoms with van der Waals surface area (Å²) in [6.45, 7) is 0. The molecule has 0 unspecified atom stereocenters. The summed E-state index contributed by atoms with van der Waals surface area (Å²) in [5.41, 5.74) is 1.88. The fourth-order valence-electron chi connectivity index (χ4n) is 1.89. The first-order valence-electron chi connectivity index (χ1n) is 6.56. The summed E-state index contributed by atoms with van der Waals surface area (Å²) >= 11 is 1.31. The Morgan fingerprint density at radius 2 is 1.73 bits per heavy atom. The topological polar surface area (TPSA) is 54.0 Å². The third-order valence-corrected chi connectivity index (χ3v) is 3.67. The van der Waals surface area contributed by atoms with Crippen LogP contribution in [0.15, 0.2) is 60.0 Å². The number of para-hydroxylation sites is 1. The van der Waals surface area contributed by atoms with Crippen LogP contribution < -0.4 is 10.6 Å². The predicted molar refractivity (Wildman–Crippen MR) is 86.6 cm³/mol. The summed E-state index contributed by atoms with van der Waals surface area (Å²) in [4.78, 5) is 16.2. The van der Waals surface area contributed by atoms with Crippen LogP contribution in [0.5, 0.6) is 0 Å². The van der Waals surface area contributed by atoms with Gasteiger partial charge in [0.15, 0.2) is 5.13 Å². The second kappa shape index (κ2) is 6.36. The Morgan fingerprint density at radius 1 is 1.00 bits per heavy atom. The highest BCUT2D eigenvalue weighted by Crippen LogP contribution is 2.24. The van der Waals surface area contributed by atoms with Crippen molar-refractivity contribution >= 4 is 28.2 Å². The molecule has 4 nitrogen and oxygen atoms in total. The number of nitrogens with zero attached hydrogens (tertiary/aromatic N) is 1. The van der Waals surface area contributed by atoms with Gasteiger partial charge in [-0.2, -0.15) is 0 Å². The number of anilines is 2. The van der Waals surface area contributed by atoms with E-state index >= 15 is 0 Å². The van der Waals surface area contributed by atoms with Crippen molar-refractivity contribution in [2.45, 2.75) is 0 Å². The largest absolute Gasteiger partial charge is 0.325 e. The lowest BCUT2D eigenvalue weighted by molar-refractivity contribution is 0.262. The first-order chi connectivity index (χ1) is 10.7. The summed E-state index contributed by atoms with van der Waals surface area (Å²) in [7, 11) is 0. The van der Waals surface area contributed by atoms with Crippen LogP contribution in [0.1, 0.15) is 0 Å². The zero-order chi connectivity index (χ0) is 15.4. The Balaban J connectivity index is 1.68. The van der Waals surface area contributed by atoms with E-state index in [9.17, 15) is 9.18 Å². The molecule has 2 N–H and O–H groups in total. The molecule has 3 aromatic rings. The highest BCUT2D eigenvalue weighted by atomic mass is 32.1. The van der Waals surface area contributed by atoms with Gasteiger partial charge in [0.05, 0.1) is 11.4 Å². The van der Waals surface area contributed by atoms with E-state index in [4.69, 9.17) is 0 Å². The highest BCUT2D eigenvalue weighted by molar-refractivity contribution is 7.14. The van der Waals surface area contributed by atoms with Gasteiger partial charge >= 0.3 is 6.03 Å². The van der Waals surface area contributed by atoms with Gasteiger partial charge in [-0.25, -0.2) is 14.2 Å². The van der Waals surface area contributed by atoms with Crippen LogP contribution in [0.3, 0.4) is 0 Å². The first kappa shape index (κ1) is 14.2. The number of hydrogen-bond donors (Lipinski definition) is 2. The van der Waals surface area contributed by atoms with E-state index in [1.165, 1.54) is 23.5 Å². The first-order valence-corrected chi connectivity index (χ1v) is 7.44.